The van der Waals surface area contributed by atoms with Crippen molar-refractivity contribution in [1.82, 2.24) is 9.29 Å². The van der Waals surface area contributed by atoms with Gasteiger partial charge in [-0.3, -0.25) is 4.99 Å². The Morgan fingerprint density at radius 1 is 1.45 bits per heavy atom. The molecular formula is C13H14ClN3O2S. The van der Waals surface area contributed by atoms with Crippen LogP contribution in [0.1, 0.15) is 5.56 Å². The van der Waals surface area contributed by atoms with E-state index in [9.17, 15) is 8.42 Å². The fourth-order valence-corrected chi connectivity index (χ4v) is 3.41. The predicted molar refractivity (Wildman–Crippen MR) is 81.2 cm³/mol. The summed E-state index contributed by atoms with van der Waals surface area (Å²) < 4.78 is 25.0. The summed E-state index contributed by atoms with van der Waals surface area (Å²) in [4.78, 5) is 4.35. The third-order valence-corrected chi connectivity index (χ3v) is 4.53. The molecule has 0 spiro atoms. The van der Waals surface area contributed by atoms with E-state index < -0.39 is 10.0 Å². The van der Waals surface area contributed by atoms with Crippen molar-refractivity contribution < 1.29 is 8.42 Å². The zero-order valence-electron chi connectivity index (χ0n) is 10.9. The van der Waals surface area contributed by atoms with Gasteiger partial charge in [-0.15, -0.1) is 0 Å². The van der Waals surface area contributed by atoms with Crippen molar-refractivity contribution in [3.8, 4) is 0 Å². The van der Waals surface area contributed by atoms with Gasteiger partial charge in [-0.05, 0) is 23.8 Å². The molecule has 106 valence electrons. The van der Waals surface area contributed by atoms with Crippen molar-refractivity contribution >= 4 is 38.4 Å². The van der Waals surface area contributed by atoms with Crippen molar-refractivity contribution in [2.75, 3.05) is 19.3 Å². The first-order chi connectivity index (χ1) is 9.45. The minimum atomic E-state index is -3.34. The maximum Gasteiger partial charge on any atom is 0.236 e. The number of nitrogens with one attached hydrogen (secondary N) is 1. The molecule has 1 aliphatic rings. The Morgan fingerprint density at radius 2 is 2.25 bits per heavy atom. The molecule has 0 amide bonds. The summed E-state index contributed by atoms with van der Waals surface area (Å²) >= 11 is 6.03. The van der Waals surface area contributed by atoms with Crippen molar-refractivity contribution in [3.05, 3.63) is 35.0 Å². The normalized spacial score (nSPS) is 15.4. The van der Waals surface area contributed by atoms with E-state index in [1.807, 2.05) is 0 Å². The number of fused-ring (bicyclic) bond motifs is 1. The molecule has 2 aromatic rings. The Labute approximate surface area is 122 Å². The Bertz CT molecular complexity index is 808. The van der Waals surface area contributed by atoms with Crippen LogP contribution in [0.15, 0.2) is 29.4 Å². The smallest absolute Gasteiger partial charge is 0.236 e. The summed E-state index contributed by atoms with van der Waals surface area (Å²) in [6.45, 7) is 1.60. The van der Waals surface area contributed by atoms with E-state index in [1.54, 1.807) is 24.4 Å². The highest BCUT2D eigenvalue weighted by Gasteiger charge is 2.17. The zero-order chi connectivity index (χ0) is 14.3. The monoisotopic (exact) mass is 311 g/mol. The van der Waals surface area contributed by atoms with E-state index in [0.29, 0.717) is 17.0 Å². The second kappa shape index (κ2) is 4.79. The summed E-state index contributed by atoms with van der Waals surface area (Å²) in [7, 11) is -3.34. The molecule has 2 heterocycles. The van der Waals surface area contributed by atoms with Crippen LogP contribution in [0.5, 0.6) is 0 Å². The fraction of sp³-hybridized carbons (Fsp3) is 0.308. The highest BCUT2D eigenvalue weighted by molar-refractivity contribution is 7.89. The second-order valence-corrected chi connectivity index (χ2v) is 7.10. The molecule has 1 aromatic heterocycles. The van der Waals surface area contributed by atoms with E-state index in [2.05, 4.69) is 10.3 Å². The predicted octanol–water partition coefficient (Wildman–Crippen LogP) is 1.65. The van der Waals surface area contributed by atoms with Crippen LogP contribution in [0.4, 0.5) is 0 Å². The van der Waals surface area contributed by atoms with Gasteiger partial charge in [-0.2, -0.15) is 0 Å². The van der Waals surface area contributed by atoms with Gasteiger partial charge in [0, 0.05) is 29.6 Å². The summed E-state index contributed by atoms with van der Waals surface area (Å²) in [5, 5.41) is 4.63. The van der Waals surface area contributed by atoms with Gasteiger partial charge in [-0.25, -0.2) is 12.4 Å². The molecule has 0 fully saturated rings. The van der Waals surface area contributed by atoms with Crippen molar-refractivity contribution in [3.63, 3.8) is 0 Å². The maximum atomic E-state index is 11.9. The summed E-state index contributed by atoms with van der Waals surface area (Å²) in [6, 6.07) is 5.22. The lowest BCUT2D eigenvalue weighted by molar-refractivity contribution is 0.595. The van der Waals surface area contributed by atoms with Crippen LogP contribution >= 0.6 is 11.6 Å². The van der Waals surface area contributed by atoms with E-state index in [-0.39, 0.29) is 0 Å². The van der Waals surface area contributed by atoms with Crippen LogP contribution in [0.2, 0.25) is 5.02 Å². The van der Waals surface area contributed by atoms with Gasteiger partial charge in [-0.1, -0.05) is 11.6 Å². The molecule has 0 radical (unpaired) electrons. The summed E-state index contributed by atoms with van der Waals surface area (Å²) in [5.41, 5.74) is 1.55. The van der Waals surface area contributed by atoms with Gasteiger partial charge in [0.1, 0.15) is 5.84 Å². The number of hydrogen-bond donors (Lipinski definition) is 1. The van der Waals surface area contributed by atoms with Crippen LogP contribution in [0.25, 0.3) is 10.9 Å². The largest absolute Gasteiger partial charge is 0.372 e. The first kappa shape index (κ1) is 13.5. The minimum Gasteiger partial charge on any atom is -0.372 e. The Hall–Kier alpha value is -1.53. The molecule has 0 atom stereocenters. The highest BCUT2D eigenvalue weighted by Crippen LogP contribution is 2.26. The molecule has 1 aromatic carbocycles. The molecule has 0 bridgehead atoms. The van der Waals surface area contributed by atoms with Crippen LogP contribution in [-0.4, -0.2) is 37.6 Å². The average molecular weight is 312 g/mol. The van der Waals surface area contributed by atoms with E-state index in [0.717, 1.165) is 29.9 Å². The third kappa shape index (κ3) is 2.41. The number of amidine groups is 1. The molecule has 0 saturated heterocycles. The molecular weight excluding hydrogens is 298 g/mol. The zero-order valence-corrected chi connectivity index (χ0v) is 12.5. The van der Waals surface area contributed by atoms with Crippen LogP contribution in [0, 0.1) is 0 Å². The number of rotatable bonds is 3. The average Bonchev–Trinajstić information content (AvgIpc) is 2.97. The Kier molecular flexibility index (Phi) is 3.22. The molecule has 0 unspecified atom stereocenters. The summed E-state index contributed by atoms with van der Waals surface area (Å²) in [5.74, 6) is 0.887. The first-order valence-corrected chi connectivity index (χ1v) is 8.45. The number of aromatic nitrogens is 1. The van der Waals surface area contributed by atoms with Crippen LogP contribution in [0.3, 0.4) is 0 Å². The van der Waals surface area contributed by atoms with Crippen LogP contribution < -0.4 is 5.32 Å². The second-order valence-electron chi connectivity index (χ2n) is 4.81. The Balaban J connectivity index is 2.18. The summed E-state index contributed by atoms with van der Waals surface area (Å²) in [6.07, 6.45) is 3.42. The first-order valence-electron chi connectivity index (χ1n) is 6.22. The topological polar surface area (TPSA) is 63.5 Å². The maximum absolute atomic E-state index is 11.9. The standard InChI is InChI=1S/C13H14ClN3O2S/c1-20(18,19)17-8-9(6-13-15-4-5-16-13)11-7-10(14)2-3-12(11)17/h2-3,7-8H,4-6H2,1H3,(H,15,16). The van der Waals surface area contributed by atoms with Crippen molar-refractivity contribution in [2.45, 2.75) is 6.42 Å². The van der Waals surface area contributed by atoms with Crippen molar-refractivity contribution in [1.29, 1.82) is 0 Å². The van der Waals surface area contributed by atoms with Gasteiger partial charge in [0.05, 0.1) is 18.3 Å². The third-order valence-electron chi connectivity index (χ3n) is 3.27. The van der Waals surface area contributed by atoms with Gasteiger partial charge in [0.2, 0.25) is 10.0 Å². The molecule has 1 aliphatic heterocycles. The van der Waals surface area contributed by atoms with E-state index in [1.165, 1.54) is 10.2 Å². The molecule has 20 heavy (non-hydrogen) atoms. The van der Waals surface area contributed by atoms with E-state index >= 15 is 0 Å². The number of aliphatic imine (C=N–C) groups is 1. The lowest BCUT2D eigenvalue weighted by Gasteiger charge is -2.01. The fourth-order valence-electron chi connectivity index (χ4n) is 2.40. The number of hydrogen-bond acceptors (Lipinski definition) is 4. The lowest BCUT2D eigenvalue weighted by atomic mass is 10.1. The molecule has 5 nitrogen and oxygen atoms in total. The molecule has 7 heteroatoms. The lowest BCUT2D eigenvalue weighted by Crippen LogP contribution is -2.20. The quantitative estimate of drug-likeness (QED) is 0.937. The van der Waals surface area contributed by atoms with Gasteiger partial charge in [0.15, 0.2) is 0 Å². The van der Waals surface area contributed by atoms with E-state index in [4.69, 9.17) is 11.6 Å². The SMILES string of the molecule is CS(=O)(=O)n1cc(CC2=NCCN2)c2cc(Cl)ccc21. The van der Waals surface area contributed by atoms with Gasteiger partial charge in [0.25, 0.3) is 0 Å². The van der Waals surface area contributed by atoms with Gasteiger partial charge < -0.3 is 5.32 Å². The molecule has 3 rings (SSSR count). The number of benzene rings is 1. The highest BCUT2D eigenvalue weighted by atomic mass is 35.5. The van der Waals surface area contributed by atoms with Crippen molar-refractivity contribution in [2.24, 2.45) is 4.99 Å². The Morgan fingerprint density at radius 3 is 2.90 bits per heavy atom. The van der Waals surface area contributed by atoms with Crippen LogP contribution in [-0.2, 0) is 16.4 Å². The number of nitrogens with zero attached hydrogens (tertiary/aromatic N) is 2. The number of halogens is 1. The minimum absolute atomic E-state index is 0.583. The van der Waals surface area contributed by atoms with Gasteiger partial charge >= 0.3 is 0 Å². The molecule has 0 aliphatic carbocycles. The molecule has 0 saturated carbocycles. The molecule has 1 N–H and O–H groups in total.